The summed E-state index contributed by atoms with van der Waals surface area (Å²) in [6, 6.07) is 9.45. The standard InChI is InChI=1S/C20H24N4O4/c1-24(2)12-6-10-22-18(25)14-9-11-21-17(13-14)19(26)23-16-8-5-4-7-15(16)20(27)28-3/h4-5,7-9,11,13H,6,10,12H2,1-3H3,(H,22,25)(H,23,26). The van der Waals surface area contributed by atoms with Gasteiger partial charge in [-0.1, -0.05) is 12.1 Å². The van der Waals surface area contributed by atoms with Gasteiger partial charge in [-0.3, -0.25) is 14.6 Å². The van der Waals surface area contributed by atoms with Crippen LogP contribution in [0, 0.1) is 0 Å². The Kier molecular flexibility index (Phi) is 7.65. The van der Waals surface area contributed by atoms with Crippen LogP contribution in [0.4, 0.5) is 5.69 Å². The molecule has 2 amide bonds. The van der Waals surface area contributed by atoms with Crippen LogP contribution in [-0.2, 0) is 4.74 Å². The molecule has 1 aromatic heterocycles. The molecule has 0 aliphatic heterocycles. The lowest BCUT2D eigenvalue weighted by Crippen LogP contribution is -2.27. The predicted octanol–water partition coefficient (Wildman–Crippen LogP) is 1.80. The molecule has 8 nitrogen and oxygen atoms in total. The van der Waals surface area contributed by atoms with Crippen molar-refractivity contribution in [2.45, 2.75) is 6.42 Å². The fourth-order valence-corrected chi connectivity index (χ4v) is 2.46. The van der Waals surface area contributed by atoms with Crippen molar-refractivity contribution in [3.63, 3.8) is 0 Å². The number of pyridine rings is 1. The number of carbonyl (C=O) groups excluding carboxylic acids is 3. The Balaban J connectivity index is 2.06. The molecule has 0 spiro atoms. The Morgan fingerprint density at radius 1 is 1.11 bits per heavy atom. The van der Waals surface area contributed by atoms with E-state index >= 15 is 0 Å². The molecule has 0 unspecified atom stereocenters. The number of ether oxygens (including phenoxy) is 1. The molecular weight excluding hydrogens is 360 g/mol. The van der Waals surface area contributed by atoms with Crippen LogP contribution in [0.3, 0.4) is 0 Å². The molecule has 2 N–H and O–H groups in total. The van der Waals surface area contributed by atoms with E-state index in [1.54, 1.807) is 30.3 Å². The average molecular weight is 384 g/mol. The number of anilines is 1. The number of methoxy groups -OCH3 is 1. The largest absolute Gasteiger partial charge is 0.465 e. The second-order valence-electron chi connectivity index (χ2n) is 6.33. The van der Waals surface area contributed by atoms with Gasteiger partial charge in [0.05, 0.1) is 18.4 Å². The van der Waals surface area contributed by atoms with E-state index < -0.39 is 11.9 Å². The van der Waals surface area contributed by atoms with Crippen molar-refractivity contribution in [1.82, 2.24) is 15.2 Å². The number of aromatic nitrogens is 1. The van der Waals surface area contributed by atoms with E-state index in [0.29, 0.717) is 17.8 Å². The van der Waals surface area contributed by atoms with E-state index in [1.807, 2.05) is 19.0 Å². The Bertz CT molecular complexity index is 852. The van der Waals surface area contributed by atoms with Gasteiger partial charge in [-0.05, 0) is 51.3 Å². The van der Waals surface area contributed by atoms with E-state index in [0.717, 1.165) is 13.0 Å². The zero-order valence-electron chi connectivity index (χ0n) is 16.2. The summed E-state index contributed by atoms with van der Waals surface area (Å²) in [5, 5.41) is 5.45. The summed E-state index contributed by atoms with van der Waals surface area (Å²) in [7, 11) is 5.20. The van der Waals surface area contributed by atoms with Gasteiger partial charge in [0.2, 0.25) is 0 Å². The molecule has 2 aromatic rings. The summed E-state index contributed by atoms with van der Waals surface area (Å²) in [5.41, 5.74) is 0.944. The number of para-hydroxylation sites is 1. The third kappa shape index (κ3) is 5.88. The van der Waals surface area contributed by atoms with E-state index in [9.17, 15) is 14.4 Å². The van der Waals surface area contributed by atoms with Gasteiger partial charge in [-0.25, -0.2) is 4.79 Å². The van der Waals surface area contributed by atoms with E-state index in [4.69, 9.17) is 4.74 Å². The van der Waals surface area contributed by atoms with Crippen LogP contribution in [0.25, 0.3) is 0 Å². The van der Waals surface area contributed by atoms with Crippen LogP contribution >= 0.6 is 0 Å². The van der Waals surface area contributed by atoms with Crippen molar-refractivity contribution in [2.24, 2.45) is 0 Å². The molecule has 0 saturated carbocycles. The first-order chi connectivity index (χ1) is 13.4. The van der Waals surface area contributed by atoms with Gasteiger partial charge in [-0.15, -0.1) is 0 Å². The molecule has 0 aliphatic rings. The number of benzene rings is 1. The number of nitrogens with one attached hydrogen (secondary N) is 2. The third-order valence-electron chi connectivity index (χ3n) is 3.90. The Morgan fingerprint density at radius 3 is 2.57 bits per heavy atom. The minimum atomic E-state index is -0.560. The summed E-state index contributed by atoms with van der Waals surface area (Å²) in [6.45, 7) is 1.40. The number of esters is 1. The van der Waals surface area contributed by atoms with Gasteiger partial charge in [0.25, 0.3) is 11.8 Å². The first-order valence-corrected chi connectivity index (χ1v) is 8.80. The second-order valence-corrected chi connectivity index (χ2v) is 6.33. The molecule has 28 heavy (non-hydrogen) atoms. The first-order valence-electron chi connectivity index (χ1n) is 8.80. The number of rotatable bonds is 8. The molecule has 0 aliphatic carbocycles. The number of hydrogen-bond acceptors (Lipinski definition) is 6. The van der Waals surface area contributed by atoms with Gasteiger partial charge in [0.1, 0.15) is 5.69 Å². The molecule has 0 saturated heterocycles. The summed E-state index contributed by atoms with van der Waals surface area (Å²) < 4.78 is 4.71. The van der Waals surface area contributed by atoms with Crippen molar-refractivity contribution in [1.29, 1.82) is 0 Å². The number of hydrogen-bond donors (Lipinski definition) is 2. The molecule has 148 valence electrons. The summed E-state index contributed by atoms with van der Waals surface area (Å²) >= 11 is 0. The smallest absolute Gasteiger partial charge is 0.339 e. The molecule has 0 atom stereocenters. The zero-order valence-corrected chi connectivity index (χ0v) is 16.2. The SMILES string of the molecule is COC(=O)c1ccccc1NC(=O)c1cc(C(=O)NCCCN(C)C)ccn1. The predicted molar refractivity (Wildman–Crippen MR) is 105 cm³/mol. The van der Waals surface area contributed by atoms with Crippen molar-refractivity contribution in [3.8, 4) is 0 Å². The maximum atomic E-state index is 12.5. The molecule has 0 fully saturated rings. The van der Waals surface area contributed by atoms with Crippen molar-refractivity contribution in [2.75, 3.05) is 39.6 Å². The van der Waals surface area contributed by atoms with Crippen LogP contribution < -0.4 is 10.6 Å². The van der Waals surface area contributed by atoms with E-state index in [2.05, 4.69) is 15.6 Å². The van der Waals surface area contributed by atoms with Crippen LogP contribution in [-0.4, -0.2) is 62.0 Å². The monoisotopic (exact) mass is 384 g/mol. The van der Waals surface area contributed by atoms with Crippen LogP contribution in [0.2, 0.25) is 0 Å². The lowest BCUT2D eigenvalue weighted by molar-refractivity contribution is 0.0601. The van der Waals surface area contributed by atoms with Gasteiger partial charge in [0, 0.05) is 18.3 Å². The van der Waals surface area contributed by atoms with Gasteiger partial charge in [0.15, 0.2) is 0 Å². The first kappa shape index (κ1) is 21.0. The van der Waals surface area contributed by atoms with Crippen molar-refractivity contribution >= 4 is 23.5 Å². The van der Waals surface area contributed by atoms with Gasteiger partial charge < -0.3 is 20.3 Å². The maximum Gasteiger partial charge on any atom is 0.339 e. The van der Waals surface area contributed by atoms with E-state index in [-0.39, 0.29) is 17.2 Å². The van der Waals surface area contributed by atoms with Crippen molar-refractivity contribution < 1.29 is 19.1 Å². The highest BCUT2D eigenvalue weighted by atomic mass is 16.5. The fraction of sp³-hybridized carbons (Fsp3) is 0.300. The minimum Gasteiger partial charge on any atom is -0.465 e. The molecule has 1 heterocycles. The molecule has 8 heteroatoms. The van der Waals surface area contributed by atoms with Crippen molar-refractivity contribution in [3.05, 3.63) is 59.4 Å². The van der Waals surface area contributed by atoms with Gasteiger partial charge >= 0.3 is 5.97 Å². The van der Waals surface area contributed by atoms with Gasteiger partial charge in [-0.2, -0.15) is 0 Å². The molecule has 2 rings (SSSR count). The highest BCUT2D eigenvalue weighted by molar-refractivity contribution is 6.08. The third-order valence-corrected chi connectivity index (χ3v) is 3.90. The Morgan fingerprint density at radius 2 is 1.86 bits per heavy atom. The highest BCUT2D eigenvalue weighted by Gasteiger charge is 2.16. The topological polar surface area (TPSA) is 101 Å². The van der Waals surface area contributed by atoms with Crippen LogP contribution in [0.15, 0.2) is 42.6 Å². The summed E-state index contributed by atoms with van der Waals surface area (Å²) in [4.78, 5) is 42.7. The second kappa shape index (κ2) is 10.2. The molecule has 1 aromatic carbocycles. The zero-order chi connectivity index (χ0) is 20.5. The summed E-state index contributed by atoms with van der Waals surface area (Å²) in [5.74, 6) is -1.36. The maximum absolute atomic E-state index is 12.5. The normalized spacial score (nSPS) is 10.4. The number of carbonyl (C=O) groups is 3. The van der Waals surface area contributed by atoms with Crippen LogP contribution in [0.5, 0.6) is 0 Å². The molecule has 0 bridgehead atoms. The molecular formula is C20H24N4O4. The average Bonchev–Trinajstić information content (AvgIpc) is 2.70. The van der Waals surface area contributed by atoms with E-state index in [1.165, 1.54) is 19.4 Å². The summed E-state index contributed by atoms with van der Waals surface area (Å²) in [6.07, 6.45) is 2.22. The Hall–Kier alpha value is -3.26. The minimum absolute atomic E-state index is 0.0700. The fourth-order valence-electron chi connectivity index (χ4n) is 2.46. The Labute approximate surface area is 163 Å². The lowest BCUT2D eigenvalue weighted by atomic mass is 10.1. The lowest BCUT2D eigenvalue weighted by Gasteiger charge is -2.11. The van der Waals surface area contributed by atoms with Crippen LogP contribution in [0.1, 0.15) is 37.6 Å². The highest BCUT2D eigenvalue weighted by Crippen LogP contribution is 2.17. The quantitative estimate of drug-likeness (QED) is 0.532. The number of nitrogens with zero attached hydrogens (tertiary/aromatic N) is 2. The number of amides is 2. The molecule has 0 radical (unpaired) electrons.